The normalized spacial score (nSPS) is 14.0. The Bertz CT molecular complexity index is 624. The molecule has 1 aromatic carbocycles. The van der Waals surface area contributed by atoms with E-state index in [1.807, 2.05) is 0 Å². The summed E-state index contributed by atoms with van der Waals surface area (Å²) < 4.78 is 93.6. The second kappa shape index (κ2) is 9.55. The van der Waals surface area contributed by atoms with E-state index in [1.54, 1.807) is 42.6 Å². The van der Waals surface area contributed by atoms with Gasteiger partial charge in [-0.15, -0.1) is 0 Å². The molecule has 0 aliphatic heterocycles. The summed E-state index contributed by atoms with van der Waals surface area (Å²) in [5.74, 6) is -12.4. The Morgan fingerprint density at radius 2 is 1.68 bits per heavy atom. The highest BCUT2D eigenvalue weighted by molar-refractivity contribution is 5.78. The highest BCUT2D eigenvalue weighted by Crippen LogP contribution is 2.46. The lowest BCUT2D eigenvalue weighted by atomic mass is 10.1. The van der Waals surface area contributed by atoms with Gasteiger partial charge in [-0.3, -0.25) is 4.79 Å². The van der Waals surface area contributed by atoms with Gasteiger partial charge in [0.25, 0.3) is 0 Å². The van der Waals surface area contributed by atoms with Gasteiger partial charge in [0.15, 0.2) is 0 Å². The first-order chi connectivity index (χ1) is 12.8. The summed E-state index contributed by atoms with van der Waals surface area (Å²) >= 11 is 0. The van der Waals surface area contributed by atoms with E-state index in [-0.39, 0.29) is 13.2 Å². The first-order valence-electron chi connectivity index (χ1n) is 8.21. The average Bonchev–Trinajstić information content (AvgIpc) is 2.61. The quantitative estimate of drug-likeness (QED) is 0.590. The number of methoxy groups -OCH3 is 1. The molecule has 1 aromatic rings. The minimum absolute atomic E-state index is 0.0716. The third-order valence-corrected chi connectivity index (χ3v) is 4.04. The number of nitrogens with one attached hydrogen (secondary N) is 1. The summed E-state index contributed by atoms with van der Waals surface area (Å²) in [6.07, 6.45) is -6.41. The fraction of sp³-hybridized carbons (Fsp3) is 0.588. The fourth-order valence-corrected chi connectivity index (χ4v) is 2.38. The Balaban J connectivity index is 2.78. The number of alkyl halides is 7. The van der Waals surface area contributed by atoms with E-state index in [2.05, 4.69) is 0 Å². The zero-order valence-corrected chi connectivity index (χ0v) is 15.2. The number of hydrogen-bond donors (Lipinski definition) is 1. The van der Waals surface area contributed by atoms with Gasteiger partial charge in [0, 0.05) is 13.7 Å². The summed E-state index contributed by atoms with van der Waals surface area (Å²) in [6, 6.07) is 8.16. The minimum Gasteiger partial charge on any atom is -0.383 e. The van der Waals surface area contributed by atoms with Crippen molar-refractivity contribution in [3.8, 4) is 0 Å². The second-order valence-electron chi connectivity index (χ2n) is 6.05. The molecule has 0 spiro atoms. The Kier molecular flexibility index (Phi) is 8.24. The number of ether oxygens (including phenoxy) is 1. The topological polar surface area (TPSA) is 41.6 Å². The molecule has 1 atom stereocenters. The van der Waals surface area contributed by atoms with Gasteiger partial charge in [0.2, 0.25) is 5.91 Å². The van der Waals surface area contributed by atoms with Crippen LogP contribution in [0.2, 0.25) is 0 Å². The Hall–Kier alpha value is -1.88. The average molecular weight is 418 g/mol. The molecule has 0 aliphatic carbocycles. The number of carbonyl (C=O) groups excluding carboxylic acids is 1. The van der Waals surface area contributed by atoms with Crippen LogP contribution in [0, 0.1) is 0 Å². The lowest BCUT2D eigenvalue weighted by molar-refractivity contribution is -0.352. The number of nitrogens with zero attached hydrogens (tertiary/aromatic N) is 1. The maximum Gasteiger partial charge on any atom is 0.459 e. The predicted molar refractivity (Wildman–Crippen MR) is 87.3 cm³/mol. The van der Waals surface area contributed by atoms with Crippen molar-refractivity contribution in [2.45, 2.75) is 31.0 Å². The molecule has 28 heavy (non-hydrogen) atoms. The van der Waals surface area contributed by atoms with E-state index in [9.17, 15) is 35.5 Å². The summed E-state index contributed by atoms with van der Waals surface area (Å²) in [6.45, 7) is -1.00. The molecule has 0 aliphatic rings. The van der Waals surface area contributed by atoms with Crippen molar-refractivity contribution in [3.63, 3.8) is 0 Å². The van der Waals surface area contributed by atoms with Crippen LogP contribution in [0.1, 0.15) is 18.5 Å². The molecule has 11 heteroatoms. The molecule has 0 heterocycles. The largest absolute Gasteiger partial charge is 0.459 e. The molecule has 4 nitrogen and oxygen atoms in total. The van der Waals surface area contributed by atoms with Crippen molar-refractivity contribution in [2.75, 3.05) is 33.4 Å². The van der Waals surface area contributed by atoms with Crippen LogP contribution in [0.3, 0.4) is 0 Å². The molecular weight excluding hydrogens is 397 g/mol. The van der Waals surface area contributed by atoms with Gasteiger partial charge in [-0.2, -0.15) is 30.7 Å². The summed E-state index contributed by atoms with van der Waals surface area (Å²) in [5, 5.41) is 1.70. The highest BCUT2D eigenvalue weighted by Gasteiger charge is 2.72. The van der Waals surface area contributed by atoms with E-state index in [0.717, 1.165) is 5.56 Å². The SMILES string of the molecule is COCCN(C(=O)CNCC(F)(F)C(F)(F)C(F)(F)F)C(C)c1ccccc1. The summed E-state index contributed by atoms with van der Waals surface area (Å²) in [4.78, 5) is 13.6. The lowest BCUT2D eigenvalue weighted by Gasteiger charge is -2.31. The summed E-state index contributed by atoms with van der Waals surface area (Å²) in [7, 11) is 1.38. The first kappa shape index (κ1) is 24.2. The van der Waals surface area contributed by atoms with Crippen LogP contribution in [-0.2, 0) is 9.53 Å². The van der Waals surface area contributed by atoms with E-state index in [1.165, 1.54) is 12.0 Å². The Morgan fingerprint density at radius 3 is 2.18 bits per heavy atom. The van der Waals surface area contributed by atoms with E-state index < -0.39 is 43.1 Å². The smallest absolute Gasteiger partial charge is 0.383 e. The van der Waals surface area contributed by atoms with Crippen molar-refractivity contribution in [1.82, 2.24) is 10.2 Å². The molecule has 1 rings (SSSR count). The van der Waals surface area contributed by atoms with Crippen LogP contribution >= 0.6 is 0 Å². The molecule has 0 aromatic heterocycles. The third kappa shape index (κ3) is 5.81. The van der Waals surface area contributed by atoms with Crippen LogP contribution in [0.4, 0.5) is 30.7 Å². The third-order valence-electron chi connectivity index (χ3n) is 4.04. The molecule has 0 fully saturated rings. The van der Waals surface area contributed by atoms with Crippen LogP contribution in [0.5, 0.6) is 0 Å². The standard InChI is InChI=1S/C17H21F7N2O2/c1-12(13-6-4-3-5-7-13)26(8-9-28-2)14(27)10-25-11-15(18,19)16(20,21)17(22,23)24/h3-7,12,25H,8-11H2,1-2H3. The summed E-state index contributed by atoms with van der Waals surface area (Å²) in [5.41, 5.74) is 0.723. The molecule has 1 amide bonds. The van der Waals surface area contributed by atoms with Crippen LogP contribution in [0.25, 0.3) is 0 Å². The molecule has 160 valence electrons. The number of carbonyl (C=O) groups is 1. The number of hydrogen-bond acceptors (Lipinski definition) is 3. The van der Waals surface area contributed by atoms with E-state index >= 15 is 0 Å². The zero-order chi connectivity index (χ0) is 21.6. The van der Waals surface area contributed by atoms with E-state index in [4.69, 9.17) is 4.74 Å². The van der Waals surface area contributed by atoms with Crippen LogP contribution in [0.15, 0.2) is 30.3 Å². The minimum atomic E-state index is -6.41. The van der Waals surface area contributed by atoms with E-state index in [0.29, 0.717) is 0 Å². The molecule has 1 unspecified atom stereocenters. The second-order valence-corrected chi connectivity index (χ2v) is 6.05. The molecule has 0 bridgehead atoms. The number of benzene rings is 1. The molecule has 0 saturated carbocycles. The van der Waals surface area contributed by atoms with Gasteiger partial charge in [-0.05, 0) is 12.5 Å². The van der Waals surface area contributed by atoms with Crippen molar-refractivity contribution < 1.29 is 40.3 Å². The number of amides is 1. The van der Waals surface area contributed by atoms with Gasteiger partial charge in [-0.1, -0.05) is 30.3 Å². The molecule has 0 radical (unpaired) electrons. The maximum atomic E-state index is 13.3. The van der Waals surface area contributed by atoms with Gasteiger partial charge in [0.1, 0.15) is 0 Å². The van der Waals surface area contributed by atoms with Crippen molar-refractivity contribution >= 4 is 5.91 Å². The highest BCUT2D eigenvalue weighted by atomic mass is 19.4. The fourth-order valence-electron chi connectivity index (χ4n) is 2.38. The van der Waals surface area contributed by atoms with Gasteiger partial charge < -0.3 is 15.0 Å². The molecule has 0 saturated heterocycles. The number of rotatable bonds is 10. The van der Waals surface area contributed by atoms with Crippen LogP contribution < -0.4 is 5.32 Å². The zero-order valence-electron chi connectivity index (χ0n) is 15.2. The predicted octanol–water partition coefficient (Wildman–Crippen LogP) is 3.65. The van der Waals surface area contributed by atoms with Crippen molar-refractivity contribution in [3.05, 3.63) is 35.9 Å². The first-order valence-corrected chi connectivity index (χ1v) is 8.21. The Morgan fingerprint density at radius 1 is 1.11 bits per heavy atom. The van der Waals surface area contributed by atoms with Crippen LogP contribution in [-0.4, -0.2) is 62.2 Å². The monoisotopic (exact) mass is 418 g/mol. The number of halogens is 7. The Labute approximate surface area is 157 Å². The molecular formula is C17H21F7N2O2. The van der Waals surface area contributed by atoms with Gasteiger partial charge in [-0.25, -0.2) is 0 Å². The van der Waals surface area contributed by atoms with Gasteiger partial charge >= 0.3 is 18.0 Å². The van der Waals surface area contributed by atoms with Crippen molar-refractivity contribution in [1.29, 1.82) is 0 Å². The lowest BCUT2D eigenvalue weighted by Crippen LogP contribution is -2.57. The maximum absolute atomic E-state index is 13.3. The molecule has 1 N–H and O–H groups in total. The van der Waals surface area contributed by atoms with Gasteiger partial charge in [0.05, 0.1) is 25.7 Å². The van der Waals surface area contributed by atoms with Crippen molar-refractivity contribution in [2.24, 2.45) is 0 Å².